The van der Waals surface area contributed by atoms with E-state index < -0.39 is 24.5 Å². The Morgan fingerprint density at radius 3 is 2.67 bits per heavy atom. The SMILES string of the molecule is CC(C)N(C[C@H]1O[C@@H](n2c[n+](O)c3c(N)ncnc32)[C@H](O)[C@@H]1O)[C@H]1C[C@@H](CCc2nc3cc(C(C)(C)C)ccc3[nH]2)C1. The van der Waals surface area contributed by atoms with Crippen molar-refractivity contribution in [2.45, 2.75) is 102 Å². The van der Waals surface area contributed by atoms with Crippen LogP contribution in [0.2, 0.25) is 0 Å². The van der Waals surface area contributed by atoms with E-state index in [-0.39, 0.29) is 22.8 Å². The summed E-state index contributed by atoms with van der Waals surface area (Å²) in [6.07, 6.45) is 2.93. The number of rotatable bonds is 8. The monoisotopic (exact) mass is 579 g/mol. The molecule has 0 bridgehead atoms. The summed E-state index contributed by atoms with van der Waals surface area (Å²) in [5, 5.41) is 32.2. The maximum Gasteiger partial charge on any atom is 0.289 e. The average molecular weight is 580 g/mol. The Morgan fingerprint density at radius 2 is 1.95 bits per heavy atom. The second-order valence-corrected chi connectivity index (χ2v) is 13.3. The lowest BCUT2D eigenvalue weighted by Gasteiger charge is -2.46. The molecule has 4 heterocycles. The van der Waals surface area contributed by atoms with Crippen molar-refractivity contribution in [2.24, 2.45) is 5.92 Å². The number of nitrogens with one attached hydrogen (secondary N) is 1. The number of aromatic amines is 1. The smallest absolute Gasteiger partial charge is 0.289 e. The Labute approximate surface area is 245 Å². The molecule has 2 aliphatic rings. The fourth-order valence-electron chi connectivity index (χ4n) is 6.50. The van der Waals surface area contributed by atoms with Gasteiger partial charge in [-0.1, -0.05) is 26.8 Å². The van der Waals surface area contributed by atoms with Crippen LogP contribution >= 0.6 is 0 Å². The summed E-state index contributed by atoms with van der Waals surface area (Å²) in [5.41, 5.74) is 9.93. The third-order valence-corrected chi connectivity index (χ3v) is 9.07. The first-order valence-corrected chi connectivity index (χ1v) is 14.9. The Kier molecular flexibility index (Phi) is 7.37. The van der Waals surface area contributed by atoms with E-state index in [1.165, 1.54) is 22.8 Å². The number of nitrogens with zero attached hydrogens (tertiary/aromatic N) is 6. The summed E-state index contributed by atoms with van der Waals surface area (Å²) >= 11 is 0. The molecule has 0 unspecified atom stereocenters. The molecule has 0 radical (unpaired) electrons. The predicted octanol–water partition coefficient (Wildman–Crippen LogP) is 2.45. The largest absolute Gasteiger partial charge is 0.387 e. The molecule has 12 heteroatoms. The van der Waals surface area contributed by atoms with Gasteiger partial charge in [0.15, 0.2) is 5.82 Å². The second kappa shape index (κ2) is 10.7. The van der Waals surface area contributed by atoms with Gasteiger partial charge in [-0.05, 0) is 66.9 Å². The number of fused-ring (bicyclic) bond motifs is 2. The molecule has 1 saturated heterocycles. The maximum atomic E-state index is 11.0. The number of anilines is 1. The number of imidazole rings is 2. The first-order chi connectivity index (χ1) is 19.9. The fraction of sp³-hybridized carbons (Fsp3) is 0.600. The molecule has 1 saturated carbocycles. The quantitative estimate of drug-likeness (QED) is 0.156. The molecule has 1 aliphatic carbocycles. The van der Waals surface area contributed by atoms with E-state index in [0.29, 0.717) is 24.2 Å². The number of aromatic nitrogens is 6. The zero-order valence-corrected chi connectivity index (χ0v) is 25.0. The van der Waals surface area contributed by atoms with E-state index in [9.17, 15) is 15.4 Å². The van der Waals surface area contributed by atoms with Crippen LogP contribution in [-0.4, -0.2) is 81.8 Å². The highest BCUT2D eigenvalue weighted by Gasteiger charge is 2.49. The van der Waals surface area contributed by atoms with Crippen LogP contribution in [0.5, 0.6) is 0 Å². The van der Waals surface area contributed by atoms with Crippen LogP contribution in [0.3, 0.4) is 0 Å². The minimum absolute atomic E-state index is 0.0945. The minimum atomic E-state index is -1.20. The highest BCUT2D eigenvalue weighted by molar-refractivity contribution is 5.77. The van der Waals surface area contributed by atoms with Crippen LogP contribution in [-0.2, 0) is 16.6 Å². The standard InChI is InChI=1S/C30H43N8O4/c1-16(2)36(13-22-25(39)26(40)29(42-22)37-15-38(41)24-27(31)32-14-33-28(24)37)19-10-17(11-19)6-9-23-34-20-8-7-18(30(3,4)5)12-21(20)35-23/h7-8,12,14-17,19,22,25-26,29,39-41H,6,9-11,13H2,1-5H3,(H,34,35)(H2,31,32,33)/q+1/t17-,19+,22-,25-,26-,29-/m1/s1. The van der Waals surface area contributed by atoms with Gasteiger partial charge in [0.25, 0.3) is 17.5 Å². The molecular weight excluding hydrogens is 536 g/mol. The summed E-state index contributed by atoms with van der Waals surface area (Å²) in [4.78, 5) is 18.9. The number of nitrogens with two attached hydrogens (primary N) is 1. The molecule has 3 aromatic heterocycles. The lowest BCUT2D eigenvalue weighted by Crippen LogP contribution is -2.52. The first kappa shape index (κ1) is 28.8. The number of aryl methyl sites for hydroxylation is 1. The van der Waals surface area contributed by atoms with Crippen molar-refractivity contribution in [3.8, 4) is 0 Å². The average Bonchev–Trinajstić information content (AvgIpc) is 3.55. The molecular formula is C30H43N8O4+. The molecule has 42 heavy (non-hydrogen) atoms. The van der Waals surface area contributed by atoms with Crippen molar-refractivity contribution in [1.29, 1.82) is 0 Å². The highest BCUT2D eigenvalue weighted by atomic mass is 16.6. The van der Waals surface area contributed by atoms with Gasteiger partial charge in [0.05, 0.1) is 11.0 Å². The Hall–Kier alpha value is -3.32. The van der Waals surface area contributed by atoms with Gasteiger partial charge in [0.1, 0.15) is 30.5 Å². The number of H-pyrrole nitrogens is 1. The van der Waals surface area contributed by atoms with Gasteiger partial charge in [-0.15, -0.1) is 0 Å². The van der Waals surface area contributed by atoms with Crippen molar-refractivity contribution in [3.05, 3.63) is 42.2 Å². The third-order valence-electron chi connectivity index (χ3n) is 9.07. The van der Waals surface area contributed by atoms with Crippen molar-refractivity contribution in [2.75, 3.05) is 12.3 Å². The Bertz CT molecular complexity index is 1570. The van der Waals surface area contributed by atoms with Crippen LogP contribution in [0.15, 0.2) is 30.9 Å². The van der Waals surface area contributed by atoms with E-state index >= 15 is 0 Å². The normalized spacial score (nSPS) is 26.6. The number of ether oxygens (including phenoxy) is 1. The summed E-state index contributed by atoms with van der Waals surface area (Å²) in [5.74, 6) is 1.75. The molecule has 0 spiro atoms. The second-order valence-electron chi connectivity index (χ2n) is 13.3. The third kappa shape index (κ3) is 5.21. The molecule has 6 rings (SSSR count). The van der Waals surface area contributed by atoms with Crippen LogP contribution in [0, 0.1) is 5.92 Å². The first-order valence-electron chi connectivity index (χ1n) is 14.9. The lowest BCUT2D eigenvalue weighted by atomic mass is 9.76. The summed E-state index contributed by atoms with van der Waals surface area (Å²) in [6.45, 7) is 11.4. The molecule has 226 valence electrons. The Balaban J connectivity index is 1.07. The van der Waals surface area contributed by atoms with Crippen LogP contribution in [0.1, 0.15) is 71.5 Å². The van der Waals surface area contributed by atoms with E-state index in [0.717, 1.165) is 47.3 Å². The van der Waals surface area contributed by atoms with Crippen molar-refractivity contribution >= 4 is 28.0 Å². The molecule has 12 nitrogen and oxygen atoms in total. The predicted molar refractivity (Wildman–Crippen MR) is 157 cm³/mol. The van der Waals surface area contributed by atoms with Gasteiger partial charge in [0, 0.05) is 25.0 Å². The van der Waals surface area contributed by atoms with Crippen molar-refractivity contribution in [1.82, 2.24) is 29.4 Å². The number of aliphatic hydroxyl groups excluding tert-OH is 2. The van der Waals surface area contributed by atoms with E-state index in [1.807, 2.05) is 0 Å². The van der Waals surface area contributed by atoms with Gasteiger partial charge < -0.3 is 30.9 Å². The molecule has 0 amide bonds. The van der Waals surface area contributed by atoms with E-state index in [4.69, 9.17) is 15.5 Å². The van der Waals surface area contributed by atoms with Crippen LogP contribution < -0.4 is 10.5 Å². The number of aliphatic hydroxyl groups is 2. The van der Waals surface area contributed by atoms with Crippen molar-refractivity contribution < 1.29 is 24.9 Å². The van der Waals surface area contributed by atoms with Crippen LogP contribution in [0.4, 0.5) is 5.82 Å². The van der Waals surface area contributed by atoms with Gasteiger partial charge in [0.2, 0.25) is 6.23 Å². The molecule has 2 fully saturated rings. The molecule has 1 aliphatic heterocycles. The summed E-state index contributed by atoms with van der Waals surface area (Å²) in [7, 11) is 0. The van der Waals surface area contributed by atoms with Gasteiger partial charge in [-0.25, -0.2) is 9.97 Å². The zero-order valence-electron chi connectivity index (χ0n) is 25.0. The van der Waals surface area contributed by atoms with Gasteiger partial charge >= 0.3 is 0 Å². The number of hydrogen-bond acceptors (Lipinski definition) is 9. The highest BCUT2D eigenvalue weighted by Crippen LogP contribution is 2.38. The topological polar surface area (TPSA) is 162 Å². The van der Waals surface area contributed by atoms with Crippen LogP contribution in [0.25, 0.3) is 22.2 Å². The Morgan fingerprint density at radius 1 is 1.19 bits per heavy atom. The number of benzene rings is 1. The summed E-state index contributed by atoms with van der Waals surface area (Å²) < 4.78 is 8.50. The minimum Gasteiger partial charge on any atom is -0.387 e. The fourth-order valence-corrected chi connectivity index (χ4v) is 6.50. The molecule has 6 N–H and O–H groups in total. The molecule has 4 atom stereocenters. The van der Waals surface area contributed by atoms with Gasteiger partial charge in [-0.2, -0.15) is 9.55 Å². The maximum absolute atomic E-state index is 11.0. The number of hydrogen-bond donors (Lipinski definition) is 5. The summed E-state index contributed by atoms with van der Waals surface area (Å²) in [6, 6.07) is 7.14. The number of nitrogen functional groups attached to an aromatic ring is 1. The van der Waals surface area contributed by atoms with E-state index in [2.05, 4.69) is 72.7 Å². The van der Waals surface area contributed by atoms with Gasteiger partial charge in [-0.3, -0.25) is 4.90 Å². The lowest BCUT2D eigenvalue weighted by molar-refractivity contribution is -0.885. The molecule has 4 aromatic rings. The molecule has 1 aromatic carbocycles. The van der Waals surface area contributed by atoms with E-state index in [1.54, 1.807) is 0 Å². The zero-order chi connectivity index (χ0) is 29.9. The van der Waals surface area contributed by atoms with Crippen molar-refractivity contribution in [3.63, 3.8) is 0 Å².